The molecular weight excluding hydrogens is 438 g/mol. The molecule has 0 aliphatic rings. The molecule has 0 fully saturated rings. The van der Waals surface area contributed by atoms with Crippen molar-refractivity contribution in [2.24, 2.45) is 0 Å². The lowest BCUT2D eigenvalue weighted by atomic mass is 9.92. The lowest BCUT2D eigenvalue weighted by Gasteiger charge is -2.23. The molecule has 4 aromatic carbocycles. The van der Waals surface area contributed by atoms with Crippen molar-refractivity contribution in [3.05, 3.63) is 107 Å². The van der Waals surface area contributed by atoms with Crippen LogP contribution in [0.1, 0.15) is 24.1 Å². The molecule has 1 amide bonds. The Morgan fingerprint density at radius 2 is 1.58 bits per heavy atom. The van der Waals surface area contributed by atoms with Crippen LogP contribution in [0.3, 0.4) is 0 Å². The fourth-order valence-electron chi connectivity index (χ4n) is 3.65. The van der Waals surface area contributed by atoms with Crippen LogP contribution in [0.15, 0.2) is 91.0 Å². The third-order valence-corrected chi connectivity index (χ3v) is 5.35. The fourth-order valence-corrected chi connectivity index (χ4v) is 3.78. The molecule has 0 aliphatic heterocycles. The van der Waals surface area contributed by atoms with Crippen molar-refractivity contribution >= 4 is 34.2 Å². The van der Waals surface area contributed by atoms with Crippen molar-refractivity contribution in [2.45, 2.75) is 13.0 Å². The topological polar surface area (TPSA) is 64.6 Å². The molecule has 166 valence electrons. The molecule has 1 N–H and O–H groups in total. The molecule has 0 heterocycles. The molecule has 6 heteroatoms. The first-order valence-electron chi connectivity index (χ1n) is 10.4. The molecule has 0 bridgehead atoms. The van der Waals surface area contributed by atoms with Crippen LogP contribution in [0, 0.1) is 0 Å². The SMILES string of the molecule is CC(=O)NC(c1ccc(Cl)cc1)c1c(OC(=O)COc2ccccc2)ccc2ccccc12. The van der Waals surface area contributed by atoms with E-state index in [-0.39, 0.29) is 12.5 Å². The quantitative estimate of drug-likeness (QED) is 0.284. The number of esters is 1. The number of hydrogen-bond donors (Lipinski definition) is 1. The van der Waals surface area contributed by atoms with E-state index in [1.54, 1.807) is 30.3 Å². The number of hydrogen-bond acceptors (Lipinski definition) is 4. The number of ether oxygens (including phenoxy) is 2. The number of amides is 1. The predicted octanol–water partition coefficient (Wildman–Crippen LogP) is 5.70. The third-order valence-electron chi connectivity index (χ3n) is 5.09. The molecule has 4 aromatic rings. The summed E-state index contributed by atoms with van der Waals surface area (Å²) in [6, 6.07) is 27.1. The van der Waals surface area contributed by atoms with Crippen molar-refractivity contribution in [3.63, 3.8) is 0 Å². The summed E-state index contributed by atoms with van der Waals surface area (Å²) < 4.78 is 11.3. The average molecular weight is 460 g/mol. The van der Waals surface area contributed by atoms with Crippen LogP contribution in [0.2, 0.25) is 5.02 Å². The van der Waals surface area contributed by atoms with Gasteiger partial charge >= 0.3 is 5.97 Å². The second kappa shape index (κ2) is 10.2. The molecule has 0 saturated heterocycles. The highest BCUT2D eigenvalue weighted by molar-refractivity contribution is 6.30. The number of fused-ring (bicyclic) bond motifs is 1. The van der Waals surface area contributed by atoms with Crippen LogP contribution in [0.25, 0.3) is 10.8 Å². The Hall–Kier alpha value is -3.83. The van der Waals surface area contributed by atoms with Gasteiger partial charge in [-0.2, -0.15) is 0 Å². The monoisotopic (exact) mass is 459 g/mol. The van der Waals surface area contributed by atoms with Gasteiger partial charge in [-0.1, -0.05) is 72.3 Å². The van der Waals surface area contributed by atoms with E-state index in [9.17, 15) is 9.59 Å². The molecule has 0 radical (unpaired) electrons. The summed E-state index contributed by atoms with van der Waals surface area (Å²) in [5.41, 5.74) is 1.49. The van der Waals surface area contributed by atoms with E-state index in [2.05, 4.69) is 5.32 Å². The van der Waals surface area contributed by atoms with Crippen molar-refractivity contribution < 1.29 is 19.1 Å². The first-order chi connectivity index (χ1) is 16.0. The minimum Gasteiger partial charge on any atom is -0.482 e. The van der Waals surface area contributed by atoms with Gasteiger partial charge in [0, 0.05) is 17.5 Å². The Labute approximate surface area is 196 Å². The zero-order valence-corrected chi connectivity index (χ0v) is 18.7. The number of rotatable bonds is 7. The molecule has 1 atom stereocenters. The molecular formula is C27H22ClNO4. The normalized spacial score (nSPS) is 11.6. The summed E-state index contributed by atoms with van der Waals surface area (Å²) in [7, 11) is 0. The first kappa shape index (κ1) is 22.4. The Morgan fingerprint density at radius 3 is 2.30 bits per heavy atom. The van der Waals surface area contributed by atoms with E-state index in [0.717, 1.165) is 16.3 Å². The maximum Gasteiger partial charge on any atom is 0.349 e. The number of benzene rings is 4. The minimum atomic E-state index is -0.552. The van der Waals surface area contributed by atoms with Gasteiger partial charge in [-0.05, 0) is 46.7 Å². The number of carbonyl (C=O) groups is 2. The van der Waals surface area contributed by atoms with Crippen molar-refractivity contribution in [3.8, 4) is 11.5 Å². The number of nitrogens with one attached hydrogen (secondary N) is 1. The van der Waals surface area contributed by atoms with E-state index >= 15 is 0 Å². The van der Waals surface area contributed by atoms with Crippen LogP contribution in [0.5, 0.6) is 11.5 Å². The number of carbonyl (C=O) groups excluding carboxylic acids is 2. The molecule has 5 nitrogen and oxygen atoms in total. The molecule has 1 unspecified atom stereocenters. The van der Waals surface area contributed by atoms with E-state index in [1.165, 1.54) is 6.92 Å². The minimum absolute atomic E-state index is 0.215. The number of halogens is 1. The Morgan fingerprint density at radius 1 is 0.879 bits per heavy atom. The predicted molar refractivity (Wildman–Crippen MR) is 129 cm³/mol. The van der Waals surface area contributed by atoms with E-state index in [4.69, 9.17) is 21.1 Å². The summed E-state index contributed by atoms with van der Waals surface area (Å²) in [4.78, 5) is 24.8. The fraction of sp³-hybridized carbons (Fsp3) is 0.111. The van der Waals surface area contributed by atoms with Gasteiger partial charge in [-0.15, -0.1) is 0 Å². The van der Waals surface area contributed by atoms with E-state index in [1.807, 2.05) is 60.7 Å². The van der Waals surface area contributed by atoms with Crippen molar-refractivity contribution in [1.82, 2.24) is 5.32 Å². The van der Waals surface area contributed by atoms with Crippen molar-refractivity contribution in [2.75, 3.05) is 6.61 Å². The molecule has 33 heavy (non-hydrogen) atoms. The van der Waals surface area contributed by atoms with Gasteiger partial charge in [0.2, 0.25) is 5.91 Å². The molecule has 0 aliphatic carbocycles. The lowest BCUT2D eigenvalue weighted by molar-refractivity contribution is -0.136. The second-order valence-corrected chi connectivity index (χ2v) is 7.90. The highest BCUT2D eigenvalue weighted by Gasteiger charge is 2.24. The standard InChI is InChI=1S/C27H22ClNO4/c1-18(30)29-27(20-11-14-21(28)15-12-20)26-23-10-6-5-7-19(23)13-16-24(26)33-25(31)17-32-22-8-3-2-4-9-22/h2-16,27H,17H2,1H3,(H,29,30). The van der Waals surface area contributed by atoms with Crippen LogP contribution in [-0.2, 0) is 9.59 Å². The van der Waals surface area contributed by atoms with Gasteiger partial charge in [0.1, 0.15) is 11.5 Å². The first-order valence-corrected chi connectivity index (χ1v) is 10.8. The zero-order chi connectivity index (χ0) is 23.2. The Balaban J connectivity index is 1.72. The zero-order valence-electron chi connectivity index (χ0n) is 18.0. The molecule has 0 saturated carbocycles. The summed E-state index contributed by atoms with van der Waals surface area (Å²) in [5.74, 6) is 0.162. The summed E-state index contributed by atoms with van der Waals surface area (Å²) >= 11 is 6.08. The number of para-hydroxylation sites is 1. The summed E-state index contributed by atoms with van der Waals surface area (Å²) in [6.45, 7) is 1.20. The Bertz CT molecular complexity index is 1270. The third kappa shape index (κ3) is 5.51. The van der Waals surface area contributed by atoms with Crippen LogP contribution >= 0.6 is 11.6 Å². The highest BCUT2D eigenvalue weighted by atomic mass is 35.5. The van der Waals surface area contributed by atoms with Gasteiger partial charge in [-0.25, -0.2) is 4.79 Å². The average Bonchev–Trinajstić information content (AvgIpc) is 2.82. The lowest BCUT2D eigenvalue weighted by Crippen LogP contribution is -2.28. The highest BCUT2D eigenvalue weighted by Crippen LogP contribution is 2.37. The largest absolute Gasteiger partial charge is 0.482 e. The van der Waals surface area contributed by atoms with Gasteiger partial charge in [0.15, 0.2) is 6.61 Å². The van der Waals surface area contributed by atoms with E-state index in [0.29, 0.717) is 22.1 Å². The molecule has 4 rings (SSSR count). The molecule has 0 aromatic heterocycles. The van der Waals surface area contributed by atoms with Gasteiger partial charge in [0.05, 0.1) is 6.04 Å². The molecule has 0 spiro atoms. The van der Waals surface area contributed by atoms with Gasteiger partial charge in [0.25, 0.3) is 0 Å². The maximum absolute atomic E-state index is 12.6. The van der Waals surface area contributed by atoms with E-state index < -0.39 is 12.0 Å². The van der Waals surface area contributed by atoms with Gasteiger partial charge < -0.3 is 14.8 Å². The maximum atomic E-state index is 12.6. The smallest absolute Gasteiger partial charge is 0.349 e. The summed E-state index contributed by atoms with van der Waals surface area (Å²) in [5, 5.41) is 5.39. The second-order valence-electron chi connectivity index (χ2n) is 7.46. The van der Waals surface area contributed by atoms with Gasteiger partial charge in [-0.3, -0.25) is 4.79 Å². The van der Waals surface area contributed by atoms with Crippen LogP contribution < -0.4 is 14.8 Å². The van der Waals surface area contributed by atoms with Crippen LogP contribution in [0.4, 0.5) is 0 Å². The summed E-state index contributed by atoms with van der Waals surface area (Å²) in [6.07, 6.45) is 0. The Kier molecular flexibility index (Phi) is 6.91. The van der Waals surface area contributed by atoms with Crippen LogP contribution in [-0.4, -0.2) is 18.5 Å². The van der Waals surface area contributed by atoms with Crippen molar-refractivity contribution in [1.29, 1.82) is 0 Å².